The summed E-state index contributed by atoms with van der Waals surface area (Å²) in [7, 11) is 0. The van der Waals surface area contributed by atoms with Crippen molar-refractivity contribution in [2.24, 2.45) is 4.99 Å². The summed E-state index contributed by atoms with van der Waals surface area (Å²) >= 11 is 0. The molecule has 1 unspecified atom stereocenters. The van der Waals surface area contributed by atoms with Crippen LogP contribution in [0, 0.1) is 0 Å². The quantitative estimate of drug-likeness (QED) is 0.0366. The van der Waals surface area contributed by atoms with Crippen molar-refractivity contribution < 1.29 is 9.53 Å². The predicted octanol–water partition coefficient (Wildman–Crippen LogP) is 13.6. The molecule has 1 atom stereocenters. The van der Waals surface area contributed by atoms with Gasteiger partial charge in [0, 0.05) is 12.8 Å². The molecule has 5 heteroatoms. The molecule has 2 aliphatic rings. The lowest BCUT2D eigenvalue weighted by molar-refractivity contribution is -0.150. The minimum absolute atomic E-state index is 0.110. The number of hydrogen-bond donors (Lipinski definition) is 0. The van der Waals surface area contributed by atoms with E-state index in [2.05, 4.69) is 54.2 Å². The van der Waals surface area contributed by atoms with Crippen LogP contribution in [0.4, 0.5) is 0 Å². The Balaban J connectivity index is 1.78. The Morgan fingerprint density at radius 1 is 0.596 bits per heavy atom. The average Bonchev–Trinajstić information content (AvgIpc) is 3.80. The second-order valence-electron chi connectivity index (χ2n) is 16.3. The van der Waals surface area contributed by atoms with Crippen LogP contribution in [0.5, 0.6) is 0 Å². The first-order chi connectivity index (χ1) is 25.7. The van der Waals surface area contributed by atoms with Gasteiger partial charge in [-0.3, -0.25) is 9.89 Å². The fourth-order valence-corrected chi connectivity index (χ4v) is 8.37. The minimum atomic E-state index is -0.468. The zero-order chi connectivity index (χ0) is 37.2. The number of rotatable bonds is 36. The van der Waals surface area contributed by atoms with E-state index in [0.29, 0.717) is 6.61 Å². The first-order valence-electron chi connectivity index (χ1n) is 23.2. The molecule has 0 aromatic carbocycles. The molecule has 0 bridgehead atoms. The Labute approximate surface area is 324 Å². The summed E-state index contributed by atoms with van der Waals surface area (Å²) in [6.45, 7) is 11.4. The lowest BCUT2D eigenvalue weighted by Crippen LogP contribution is -2.53. The van der Waals surface area contributed by atoms with Gasteiger partial charge >= 0.3 is 5.97 Å². The highest BCUT2D eigenvalue weighted by Crippen LogP contribution is 2.35. The summed E-state index contributed by atoms with van der Waals surface area (Å²) in [5, 5.41) is 0. The van der Waals surface area contributed by atoms with Crippen molar-refractivity contribution in [3.8, 4) is 0 Å². The van der Waals surface area contributed by atoms with Crippen LogP contribution in [0.3, 0.4) is 0 Å². The van der Waals surface area contributed by atoms with Gasteiger partial charge in [-0.2, -0.15) is 0 Å². The maximum atomic E-state index is 13.2. The van der Waals surface area contributed by atoms with E-state index in [1.165, 1.54) is 193 Å². The molecule has 0 aromatic heterocycles. The van der Waals surface area contributed by atoms with Gasteiger partial charge in [0.05, 0.1) is 12.1 Å². The van der Waals surface area contributed by atoms with E-state index in [1.807, 2.05) is 6.92 Å². The minimum Gasteiger partial charge on any atom is -0.463 e. The van der Waals surface area contributed by atoms with Gasteiger partial charge < -0.3 is 9.64 Å². The van der Waals surface area contributed by atoms with Crippen molar-refractivity contribution in [2.45, 2.75) is 232 Å². The van der Waals surface area contributed by atoms with Gasteiger partial charge in [-0.25, -0.2) is 4.79 Å². The normalized spacial score (nSPS) is 19.6. The maximum absolute atomic E-state index is 13.2. The Hall–Kier alpha value is -1.46. The number of nitrogens with zero attached hydrogens (tertiary/aromatic N) is 3. The molecule has 302 valence electrons. The number of carbonyl (C=O) groups is 1. The van der Waals surface area contributed by atoms with E-state index in [1.54, 1.807) is 0 Å². The van der Waals surface area contributed by atoms with Crippen LogP contribution in [0.1, 0.15) is 220 Å². The second kappa shape index (κ2) is 32.9. The monoisotopic (exact) mass is 726 g/mol. The number of hydrogen-bond acceptors (Lipinski definition) is 5. The summed E-state index contributed by atoms with van der Waals surface area (Å²) < 4.78 is 5.58. The summed E-state index contributed by atoms with van der Waals surface area (Å²) in [5.74, 6) is -0.157. The number of carbonyl (C=O) groups excluding carboxylic acids is 1. The molecular weight excluding hydrogens is 639 g/mol. The third-order valence-electron chi connectivity index (χ3n) is 11.6. The highest BCUT2D eigenvalue weighted by Gasteiger charge is 2.45. The number of allylic oxidation sites excluding steroid dienone is 4. The molecule has 5 nitrogen and oxygen atoms in total. The summed E-state index contributed by atoms with van der Waals surface area (Å²) in [6, 6.07) is 0. The average molecular weight is 726 g/mol. The lowest BCUT2D eigenvalue weighted by atomic mass is 9.85. The van der Waals surface area contributed by atoms with Crippen molar-refractivity contribution in [3.05, 3.63) is 24.3 Å². The number of likely N-dealkylation sites (tertiary alicyclic amines) is 1. The Bertz CT molecular complexity index is 868. The molecular formula is C47H87N3O2. The van der Waals surface area contributed by atoms with Crippen LogP contribution in [-0.2, 0) is 9.53 Å². The SMILES string of the molecule is CCCCCCCCC=CCCCCCCCC1(CCCCCCCC=CCCCCCCCC)C=NC(C(=O)OCC)N1CCCN1CCCC1. The number of unbranched alkanes of at least 4 members (excludes halogenated alkanes) is 22. The van der Waals surface area contributed by atoms with Gasteiger partial charge in [-0.1, -0.05) is 154 Å². The topological polar surface area (TPSA) is 45.1 Å². The van der Waals surface area contributed by atoms with Crippen LogP contribution in [-0.4, -0.2) is 66.5 Å². The molecule has 0 saturated carbocycles. The molecule has 2 rings (SSSR count). The molecule has 0 radical (unpaired) electrons. The molecule has 2 heterocycles. The van der Waals surface area contributed by atoms with Gasteiger partial charge in [0.2, 0.25) is 6.17 Å². The number of aliphatic imine (C=N–C) groups is 1. The fraction of sp³-hybridized carbons (Fsp3) is 0.872. The van der Waals surface area contributed by atoms with Gasteiger partial charge in [-0.15, -0.1) is 0 Å². The predicted molar refractivity (Wildman–Crippen MR) is 228 cm³/mol. The van der Waals surface area contributed by atoms with E-state index in [4.69, 9.17) is 9.73 Å². The largest absolute Gasteiger partial charge is 0.463 e. The van der Waals surface area contributed by atoms with E-state index >= 15 is 0 Å². The van der Waals surface area contributed by atoms with E-state index in [0.717, 1.165) is 32.4 Å². The molecule has 0 aromatic rings. The van der Waals surface area contributed by atoms with Gasteiger partial charge in [-0.05, 0) is 110 Å². The molecule has 1 saturated heterocycles. The van der Waals surface area contributed by atoms with Crippen molar-refractivity contribution in [1.82, 2.24) is 9.80 Å². The fourth-order valence-electron chi connectivity index (χ4n) is 8.37. The summed E-state index contributed by atoms with van der Waals surface area (Å²) in [4.78, 5) is 23.2. The smallest absolute Gasteiger partial charge is 0.346 e. The number of ether oxygens (including phenoxy) is 1. The van der Waals surface area contributed by atoms with Crippen LogP contribution in [0.15, 0.2) is 29.3 Å². The van der Waals surface area contributed by atoms with Crippen LogP contribution in [0.2, 0.25) is 0 Å². The molecule has 0 spiro atoms. The lowest BCUT2D eigenvalue weighted by Gasteiger charge is -2.39. The highest BCUT2D eigenvalue weighted by molar-refractivity contribution is 5.84. The third-order valence-corrected chi connectivity index (χ3v) is 11.6. The van der Waals surface area contributed by atoms with Gasteiger partial charge in [0.25, 0.3) is 0 Å². The Morgan fingerprint density at radius 2 is 1.02 bits per heavy atom. The second-order valence-corrected chi connectivity index (χ2v) is 16.3. The molecule has 0 aliphatic carbocycles. The standard InChI is InChI=1S/C47H87N3O2/c1-4-7-9-11-13-15-17-19-21-23-25-27-29-31-33-38-47(39-34-32-30-28-26-24-22-20-18-16-14-12-10-8-5-2)44-48-45(46(51)52-6-3)50(47)43-37-42-49-40-35-36-41-49/h19-22,44-45H,4-18,23-43H2,1-3H3. The van der Waals surface area contributed by atoms with Crippen molar-refractivity contribution in [3.63, 3.8) is 0 Å². The number of esters is 1. The molecule has 0 N–H and O–H groups in total. The van der Waals surface area contributed by atoms with Crippen LogP contribution < -0.4 is 0 Å². The maximum Gasteiger partial charge on any atom is 0.346 e. The van der Waals surface area contributed by atoms with Crippen molar-refractivity contribution >= 4 is 12.2 Å². The highest BCUT2D eigenvalue weighted by atomic mass is 16.5. The zero-order valence-electron chi connectivity index (χ0n) is 35.1. The molecule has 2 aliphatic heterocycles. The van der Waals surface area contributed by atoms with E-state index < -0.39 is 6.17 Å². The first-order valence-corrected chi connectivity index (χ1v) is 23.2. The van der Waals surface area contributed by atoms with Crippen molar-refractivity contribution in [2.75, 3.05) is 32.8 Å². The first kappa shape index (κ1) is 46.7. The summed E-state index contributed by atoms with van der Waals surface area (Å²) in [6.07, 6.45) is 51.8. The van der Waals surface area contributed by atoms with E-state index in [9.17, 15) is 4.79 Å². The van der Waals surface area contributed by atoms with E-state index in [-0.39, 0.29) is 11.5 Å². The third kappa shape index (κ3) is 22.0. The molecule has 52 heavy (non-hydrogen) atoms. The van der Waals surface area contributed by atoms with Gasteiger partial charge in [0.1, 0.15) is 0 Å². The zero-order valence-corrected chi connectivity index (χ0v) is 35.1. The van der Waals surface area contributed by atoms with Gasteiger partial charge in [0.15, 0.2) is 0 Å². The molecule has 1 fully saturated rings. The van der Waals surface area contributed by atoms with Crippen molar-refractivity contribution in [1.29, 1.82) is 0 Å². The molecule has 0 amide bonds. The van der Waals surface area contributed by atoms with Crippen LogP contribution in [0.25, 0.3) is 0 Å². The Kier molecular flexibility index (Phi) is 29.6. The summed E-state index contributed by atoms with van der Waals surface area (Å²) in [5.41, 5.74) is -0.110. The Morgan fingerprint density at radius 3 is 1.46 bits per heavy atom. The van der Waals surface area contributed by atoms with Crippen LogP contribution >= 0.6 is 0 Å².